The number of carbonyl (C=O) groups excluding carboxylic acids is 1. The van der Waals surface area contributed by atoms with E-state index in [1.54, 1.807) is 6.08 Å². The van der Waals surface area contributed by atoms with Crippen LogP contribution in [0, 0.1) is 0 Å². The predicted octanol–water partition coefficient (Wildman–Crippen LogP) is 5.62. The number of rotatable bonds is 17. The first-order valence-electron chi connectivity index (χ1n) is 11.5. The normalized spacial score (nSPS) is 19.1. The predicted molar refractivity (Wildman–Crippen MR) is 115 cm³/mol. The Morgan fingerprint density at radius 1 is 1.04 bits per heavy atom. The van der Waals surface area contributed by atoms with Gasteiger partial charge in [0.15, 0.2) is 0 Å². The van der Waals surface area contributed by atoms with Gasteiger partial charge in [0.1, 0.15) is 6.10 Å². The lowest BCUT2D eigenvalue weighted by Gasteiger charge is -2.20. The SMILES string of the molecule is CCCCCCC(O)CCCCCCCC/C=C/[C@H](O)C[C@H]1CC=CC(=O)O1. The minimum atomic E-state index is -0.544. The summed E-state index contributed by atoms with van der Waals surface area (Å²) in [7, 11) is 0. The fourth-order valence-corrected chi connectivity index (χ4v) is 3.61. The van der Waals surface area contributed by atoms with Gasteiger partial charge in [0.25, 0.3) is 0 Å². The molecule has 28 heavy (non-hydrogen) atoms. The van der Waals surface area contributed by atoms with Gasteiger partial charge in [-0.3, -0.25) is 0 Å². The highest BCUT2D eigenvalue weighted by Gasteiger charge is 2.18. The van der Waals surface area contributed by atoms with Crippen molar-refractivity contribution in [3.05, 3.63) is 24.3 Å². The van der Waals surface area contributed by atoms with E-state index in [1.807, 2.05) is 12.2 Å². The molecule has 0 aliphatic carbocycles. The molecule has 1 aliphatic heterocycles. The third kappa shape index (κ3) is 14.0. The average molecular weight is 395 g/mol. The third-order valence-electron chi connectivity index (χ3n) is 5.35. The molecule has 0 fully saturated rings. The fourth-order valence-electron chi connectivity index (χ4n) is 3.61. The number of aliphatic hydroxyl groups is 2. The highest BCUT2D eigenvalue weighted by molar-refractivity contribution is 5.82. The van der Waals surface area contributed by atoms with E-state index in [9.17, 15) is 15.0 Å². The molecular formula is C24H42O4. The van der Waals surface area contributed by atoms with Crippen molar-refractivity contribution in [3.63, 3.8) is 0 Å². The summed E-state index contributed by atoms with van der Waals surface area (Å²) in [5.41, 5.74) is 0. The zero-order valence-electron chi connectivity index (χ0n) is 17.9. The Kier molecular flexibility index (Phi) is 14.9. The number of ether oxygens (including phenoxy) is 1. The summed E-state index contributed by atoms with van der Waals surface area (Å²) in [6.45, 7) is 2.21. The quantitative estimate of drug-likeness (QED) is 0.191. The molecule has 0 saturated heterocycles. The van der Waals surface area contributed by atoms with Crippen molar-refractivity contribution in [2.24, 2.45) is 0 Å². The lowest BCUT2D eigenvalue weighted by atomic mass is 10.0. The second kappa shape index (κ2) is 16.8. The molecule has 1 rings (SSSR count). The van der Waals surface area contributed by atoms with Crippen LogP contribution in [0.2, 0.25) is 0 Å². The number of unbranched alkanes of at least 4 members (excludes halogenated alkanes) is 9. The summed E-state index contributed by atoms with van der Waals surface area (Å²) >= 11 is 0. The Hall–Kier alpha value is -1.13. The lowest BCUT2D eigenvalue weighted by molar-refractivity contribution is -0.145. The van der Waals surface area contributed by atoms with Crippen molar-refractivity contribution in [3.8, 4) is 0 Å². The summed E-state index contributed by atoms with van der Waals surface area (Å²) in [6, 6.07) is 0. The summed E-state index contributed by atoms with van der Waals surface area (Å²) in [5, 5.41) is 19.9. The Morgan fingerprint density at radius 2 is 1.68 bits per heavy atom. The maximum Gasteiger partial charge on any atom is 0.330 e. The fraction of sp³-hybridized carbons (Fsp3) is 0.792. The van der Waals surface area contributed by atoms with Gasteiger partial charge in [0.05, 0.1) is 12.2 Å². The molecule has 0 aromatic carbocycles. The van der Waals surface area contributed by atoms with Gasteiger partial charge in [-0.25, -0.2) is 4.79 Å². The van der Waals surface area contributed by atoms with Crippen LogP contribution in [-0.2, 0) is 9.53 Å². The van der Waals surface area contributed by atoms with Crippen molar-refractivity contribution in [1.29, 1.82) is 0 Å². The molecule has 0 radical (unpaired) electrons. The van der Waals surface area contributed by atoms with Gasteiger partial charge >= 0.3 is 5.97 Å². The molecular weight excluding hydrogens is 352 g/mol. The van der Waals surface area contributed by atoms with Crippen molar-refractivity contribution in [2.75, 3.05) is 0 Å². The standard InChI is InChI=1S/C24H42O4/c1-2-3-4-11-15-21(25)16-12-9-7-5-6-8-10-13-17-22(26)20-23-18-14-19-24(27)28-23/h13-14,17,19,21-23,25-26H,2-12,15-16,18,20H2,1H3/b17-13+/t21?,22-,23+/m0/s1. The first-order chi connectivity index (χ1) is 13.6. The number of allylic oxidation sites excluding steroid dienone is 1. The van der Waals surface area contributed by atoms with Crippen LogP contribution in [0.25, 0.3) is 0 Å². The number of aliphatic hydroxyl groups excluding tert-OH is 2. The maximum absolute atomic E-state index is 11.2. The van der Waals surface area contributed by atoms with E-state index in [1.165, 1.54) is 57.4 Å². The molecule has 0 bridgehead atoms. The van der Waals surface area contributed by atoms with Crippen LogP contribution in [0.3, 0.4) is 0 Å². The third-order valence-corrected chi connectivity index (χ3v) is 5.35. The molecule has 1 heterocycles. The van der Waals surface area contributed by atoms with Crippen molar-refractivity contribution in [1.82, 2.24) is 0 Å². The molecule has 0 aromatic heterocycles. The van der Waals surface area contributed by atoms with E-state index in [4.69, 9.17) is 4.74 Å². The molecule has 3 atom stereocenters. The smallest absolute Gasteiger partial charge is 0.330 e. The van der Waals surface area contributed by atoms with E-state index in [-0.39, 0.29) is 18.2 Å². The second-order valence-electron chi connectivity index (χ2n) is 8.13. The topological polar surface area (TPSA) is 66.8 Å². The molecule has 0 amide bonds. The second-order valence-corrected chi connectivity index (χ2v) is 8.13. The van der Waals surface area contributed by atoms with Crippen LogP contribution in [0.15, 0.2) is 24.3 Å². The Morgan fingerprint density at radius 3 is 2.36 bits per heavy atom. The largest absolute Gasteiger partial charge is 0.459 e. The van der Waals surface area contributed by atoms with Crippen molar-refractivity contribution in [2.45, 2.75) is 122 Å². The van der Waals surface area contributed by atoms with Gasteiger partial charge < -0.3 is 14.9 Å². The number of carbonyl (C=O) groups is 1. The molecule has 0 saturated carbocycles. The molecule has 4 heteroatoms. The molecule has 162 valence electrons. The number of hydrogen-bond donors (Lipinski definition) is 2. The van der Waals surface area contributed by atoms with Gasteiger partial charge in [-0.1, -0.05) is 82.9 Å². The molecule has 0 spiro atoms. The molecule has 1 unspecified atom stereocenters. The van der Waals surface area contributed by atoms with Crippen LogP contribution < -0.4 is 0 Å². The van der Waals surface area contributed by atoms with E-state index in [0.29, 0.717) is 12.8 Å². The van der Waals surface area contributed by atoms with Crippen molar-refractivity contribution < 1.29 is 19.7 Å². The minimum absolute atomic E-state index is 0.0958. The summed E-state index contributed by atoms with van der Waals surface area (Å²) < 4.78 is 5.16. The Balaban J connectivity index is 1.88. The highest BCUT2D eigenvalue weighted by Crippen LogP contribution is 2.15. The van der Waals surface area contributed by atoms with Gasteiger partial charge in [0.2, 0.25) is 0 Å². The van der Waals surface area contributed by atoms with Crippen LogP contribution >= 0.6 is 0 Å². The van der Waals surface area contributed by atoms with Crippen LogP contribution in [-0.4, -0.2) is 34.5 Å². The van der Waals surface area contributed by atoms with E-state index < -0.39 is 6.10 Å². The first kappa shape index (κ1) is 24.9. The van der Waals surface area contributed by atoms with E-state index in [0.717, 1.165) is 32.1 Å². The van der Waals surface area contributed by atoms with Crippen molar-refractivity contribution >= 4 is 5.97 Å². The Labute approximate surface area is 172 Å². The summed E-state index contributed by atoms with van der Waals surface area (Å²) in [4.78, 5) is 11.2. The summed E-state index contributed by atoms with van der Waals surface area (Å²) in [5.74, 6) is -0.311. The van der Waals surface area contributed by atoms with Crippen LogP contribution in [0.5, 0.6) is 0 Å². The average Bonchev–Trinajstić information content (AvgIpc) is 2.66. The van der Waals surface area contributed by atoms with Gasteiger partial charge in [-0.05, 0) is 25.7 Å². The monoisotopic (exact) mass is 394 g/mol. The van der Waals surface area contributed by atoms with Crippen LogP contribution in [0.1, 0.15) is 103 Å². The summed E-state index contributed by atoms with van der Waals surface area (Å²) in [6.07, 6.45) is 22.5. The van der Waals surface area contributed by atoms with E-state index >= 15 is 0 Å². The highest BCUT2D eigenvalue weighted by atomic mass is 16.5. The number of cyclic esters (lactones) is 1. The molecule has 0 aromatic rings. The minimum Gasteiger partial charge on any atom is -0.459 e. The van der Waals surface area contributed by atoms with Gasteiger partial charge in [-0.15, -0.1) is 0 Å². The van der Waals surface area contributed by atoms with E-state index in [2.05, 4.69) is 6.92 Å². The molecule has 1 aliphatic rings. The maximum atomic E-state index is 11.2. The Bertz CT molecular complexity index is 444. The van der Waals surface area contributed by atoms with Gasteiger partial charge in [0, 0.05) is 18.9 Å². The molecule has 4 nitrogen and oxygen atoms in total. The van der Waals surface area contributed by atoms with Gasteiger partial charge in [-0.2, -0.15) is 0 Å². The molecule has 2 N–H and O–H groups in total. The lowest BCUT2D eigenvalue weighted by Crippen LogP contribution is -2.24. The zero-order valence-corrected chi connectivity index (χ0v) is 17.9. The first-order valence-corrected chi connectivity index (χ1v) is 11.5. The number of hydrogen-bond acceptors (Lipinski definition) is 4. The van der Waals surface area contributed by atoms with Crippen LogP contribution in [0.4, 0.5) is 0 Å². The zero-order chi connectivity index (χ0) is 20.5. The number of esters is 1.